The maximum atomic E-state index is 10.5. The van der Waals surface area contributed by atoms with Crippen molar-refractivity contribution in [1.29, 1.82) is 0 Å². The molecule has 0 aromatic heterocycles. The molecular weight excluding hydrogens is 154 g/mol. The van der Waals surface area contributed by atoms with Gasteiger partial charge in [0.2, 0.25) is 0 Å². The van der Waals surface area contributed by atoms with Crippen LogP contribution in [0.1, 0.15) is 26.2 Å². The van der Waals surface area contributed by atoms with Crippen LogP contribution in [0.4, 0.5) is 0 Å². The minimum Gasteiger partial charge on any atom is -0.481 e. The molecule has 3 heteroatoms. The fourth-order valence-electron chi connectivity index (χ4n) is 1.51. The highest BCUT2D eigenvalue weighted by atomic mass is 16.4. The van der Waals surface area contributed by atoms with Crippen LogP contribution < -0.4 is 0 Å². The zero-order valence-electron chi connectivity index (χ0n) is 7.62. The molecule has 1 aliphatic rings. The van der Waals surface area contributed by atoms with Crippen LogP contribution in [0.15, 0.2) is 0 Å². The second kappa shape index (κ2) is 4.45. The Morgan fingerprint density at radius 3 is 2.58 bits per heavy atom. The van der Waals surface area contributed by atoms with Gasteiger partial charge in [0.15, 0.2) is 0 Å². The van der Waals surface area contributed by atoms with Crippen LogP contribution in [0.5, 0.6) is 0 Å². The molecule has 0 spiro atoms. The van der Waals surface area contributed by atoms with Gasteiger partial charge in [-0.25, -0.2) is 0 Å². The lowest BCUT2D eigenvalue weighted by Crippen LogP contribution is -2.24. The minimum absolute atomic E-state index is 0.189. The van der Waals surface area contributed by atoms with Crippen molar-refractivity contribution in [2.75, 3.05) is 19.6 Å². The standard InChI is InChI=1S/C9H17NO2/c1-8(9(11)12)4-7-10-5-2-3-6-10/h8H,2-7H2,1H3,(H,11,12)/t8-/m0/s1. The molecule has 0 aliphatic carbocycles. The molecule has 1 atom stereocenters. The molecule has 70 valence electrons. The fraction of sp³-hybridized carbons (Fsp3) is 0.889. The third-order valence-corrected chi connectivity index (χ3v) is 2.50. The summed E-state index contributed by atoms with van der Waals surface area (Å²) in [5, 5.41) is 8.64. The van der Waals surface area contributed by atoms with Gasteiger partial charge in [-0.1, -0.05) is 6.92 Å². The second-order valence-electron chi connectivity index (χ2n) is 3.58. The maximum Gasteiger partial charge on any atom is 0.306 e. The topological polar surface area (TPSA) is 40.5 Å². The van der Waals surface area contributed by atoms with E-state index in [0.717, 1.165) is 26.1 Å². The molecule has 0 bridgehead atoms. The van der Waals surface area contributed by atoms with Gasteiger partial charge in [-0.3, -0.25) is 4.79 Å². The predicted molar refractivity (Wildman–Crippen MR) is 47.1 cm³/mol. The Balaban J connectivity index is 2.11. The van der Waals surface area contributed by atoms with E-state index < -0.39 is 5.97 Å². The number of hydrogen-bond donors (Lipinski definition) is 1. The van der Waals surface area contributed by atoms with Crippen molar-refractivity contribution in [3.63, 3.8) is 0 Å². The highest BCUT2D eigenvalue weighted by Crippen LogP contribution is 2.10. The smallest absolute Gasteiger partial charge is 0.306 e. The Morgan fingerprint density at radius 1 is 1.50 bits per heavy atom. The van der Waals surface area contributed by atoms with Gasteiger partial charge >= 0.3 is 5.97 Å². The van der Waals surface area contributed by atoms with Crippen molar-refractivity contribution in [1.82, 2.24) is 4.90 Å². The van der Waals surface area contributed by atoms with E-state index in [9.17, 15) is 4.79 Å². The highest BCUT2D eigenvalue weighted by molar-refractivity contribution is 5.69. The Morgan fingerprint density at radius 2 is 2.08 bits per heavy atom. The summed E-state index contributed by atoms with van der Waals surface area (Å²) in [6.07, 6.45) is 3.35. The molecule has 1 heterocycles. The summed E-state index contributed by atoms with van der Waals surface area (Å²) in [5.74, 6) is -0.861. The summed E-state index contributed by atoms with van der Waals surface area (Å²) in [5.41, 5.74) is 0. The highest BCUT2D eigenvalue weighted by Gasteiger charge is 2.15. The fourth-order valence-corrected chi connectivity index (χ4v) is 1.51. The summed E-state index contributed by atoms with van der Waals surface area (Å²) in [6, 6.07) is 0. The molecule has 0 saturated carbocycles. The molecule has 1 rings (SSSR count). The molecule has 1 aliphatic heterocycles. The van der Waals surface area contributed by atoms with Crippen molar-refractivity contribution >= 4 is 5.97 Å². The van der Waals surface area contributed by atoms with Gasteiger partial charge in [0, 0.05) is 0 Å². The van der Waals surface area contributed by atoms with E-state index in [2.05, 4.69) is 4.90 Å². The van der Waals surface area contributed by atoms with Crippen molar-refractivity contribution in [3.8, 4) is 0 Å². The van der Waals surface area contributed by atoms with E-state index in [1.807, 2.05) is 0 Å². The first-order valence-corrected chi connectivity index (χ1v) is 4.65. The van der Waals surface area contributed by atoms with Crippen molar-refractivity contribution in [2.45, 2.75) is 26.2 Å². The van der Waals surface area contributed by atoms with E-state index in [-0.39, 0.29) is 5.92 Å². The molecule has 1 saturated heterocycles. The van der Waals surface area contributed by atoms with E-state index in [1.54, 1.807) is 6.92 Å². The van der Waals surface area contributed by atoms with Crippen molar-refractivity contribution in [3.05, 3.63) is 0 Å². The third-order valence-electron chi connectivity index (χ3n) is 2.50. The average Bonchev–Trinajstić information content (AvgIpc) is 2.51. The van der Waals surface area contributed by atoms with Crippen LogP contribution in [0.2, 0.25) is 0 Å². The molecule has 0 aromatic carbocycles. The molecule has 3 nitrogen and oxygen atoms in total. The van der Waals surface area contributed by atoms with Crippen LogP contribution in [0.25, 0.3) is 0 Å². The van der Waals surface area contributed by atoms with Crippen LogP contribution in [0.3, 0.4) is 0 Å². The summed E-state index contributed by atoms with van der Waals surface area (Å²) >= 11 is 0. The SMILES string of the molecule is C[C@@H](CCN1CCCC1)C(=O)O. The number of hydrogen-bond acceptors (Lipinski definition) is 2. The average molecular weight is 171 g/mol. The number of carboxylic acids is 1. The number of rotatable bonds is 4. The summed E-state index contributed by atoms with van der Waals surface area (Å²) in [6.45, 7) is 5.05. The molecular formula is C9H17NO2. The summed E-state index contributed by atoms with van der Waals surface area (Å²) in [4.78, 5) is 12.8. The van der Waals surface area contributed by atoms with Gasteiger partial charge in [-0.05, 0) is 38.9 Å². The van der Waals surface area contributed by atoms with Crippen LogP contribution >= 0.6 is 0 Å². The molecule has 0 radical (unpaired) electrons. The molecule has 1 fully saturated rings. The Hall–Kier alpha value is -0.570. The van der Waals surface area contributed by atoms with Crippen LogP contribution in [-0.2, 0) is 4.79 Å². The number of nitrogens with zero attached hydrogens (tertiary/aromatic N) is 1. The number of aliphatic carboxylic acids is 1. The number of carbonyl (C=O) groups is 1. The Labute approximate surface area is 73.4 Å². The normalized spacial score (nSPS) is 21.1. The predicted octanol–water partition coefficient (Wildman–Crippen LogP) is 1.19. The van der Waals surface area contributed by atoms with E-state index in [1.165, 1.54) is 12.8 Å². The van der Waals surface area contributed by atoms with Crippen molar-refractivity contribution in [2.24, 2.45) is 5.92 Å². The maximum absolute atomic E-state index is 10.5. The lowest BCUT2D eigenvalue weighted by Gasteiger charge is -2.15. The first-order valence-electron chi connectivity index (χ1n) is 4.65. The zero-order valence-corrected chi connectivity index (χ0v) is 7.62. The Bertz CT molecular complexity index is 153. The monoisotopic (exact) mass is 171 g/mol. The first kappa shape index (κ1) is 9.52. The van der Waals surface area contributed by atoms with Crippen molar-refractivity contribution < 1.29 is 9.90 Å². The summed E-state index contributed by atoms with van der Waals surface area (Å²) < 4.78 is 0. The lowest BCUT2D eigenvalue weighted by atomic mass is 10.1. The quantitative estimate of drug-likeness (QED) is 0.690. The lowest BCUT2D eigenvalue weighted by molar-refractivity contribution is -0.141. The van der Waals surface area contributed by atoms with E-state index in [4.69, 9.17) is 5.11 Å². The molecule has 12 heavy (non-hydrogen) atoms. The molecule has 0 amide bonds. The molecule has 0 aromatic rings. The van der Waals surface area contributed by atoms with Crippen LogP contribution in [0, 0.1) is 5.92 Å². The van der Waals surface area contributed by atoms with Gasteiger partial charge in [0.25, 0.3) is 0 Å². The van der Waals surface area contributed by atoms with Gasteiger partial charge in [-0.2, -0.15) is 0 Å². The largest absolute Gasteiger partial charge is 0.481 e. The van der Waals surface area contributed by atoms with E-state index >= 15 is 0 Å². The summed E-state index contributed by atoms with van der Waals surface area (Å²) in [7, 11) is 0. The van der Waals surface area contributed by atoms with Crippen LogP contribution in [-0.4, -0.2) is 35.6 Å². The van der Waals surface area contributed by atoms with E-state index in [0.29, 0.717) is 0 Å². The third kappa shape index (κ3) is 2.81. The van der Waals surface area contributed by atoms with Gasteiger partial charge < -0.3 is 10.0 Å². The first-order chi connectivity index (χ1) is 5.70. The minimum atomic E-state index is -0.672. The molecule has 1 N–H and O–H groups in total. The number of carboxylic acid groups (broad SMARTS) is 1. The molecule has 0 unspecified atom stereocenters. The Kier molecular flexibility index (Phi) is 3.53. The van der Waals surface area contributed by atoms with Gasteiger partial charge in [0.05, 0.1) is 5.92 Å². The second-order valence-corrected chi connectivity index (χ2v) is 3.58. The van der Waals surface area contributed by atoms with Gasteiger partial charge in [-0.15, -0.1) is 0 Å². The van der Waals surface area contributed by atoms with Gasteiger partial charge in [0.1, 0.15) is 0 Å². The zero-order chi connectivity index (χ0) is 8.97. The number of likely N-dealkylation sites (tertiary alicyclic amines) is 1.